The van der Waals surface area contributed by atoms with Crippen LogP contribution in [0.5, 0.6) is 11.5 Å². The summed E-state index contributed by atoms with van der Waals surface area (Å²) in [5.74, 6) is 1.54. The fraction of sp³-hybridized carbons (Fsp3) is 0.286. The van der Waals surface area contributed by atoms with Crippen LogP contribution in [0.15, 0.2) is 29.0 Å². The molecule has 0 aliphatic rings. The molecule has 0 unspecified atom stereocenters. The van der Waals surface area contributed by atoms with Gasteiger partial charge in [0, 0.05) is 11.8 Å². The summed E-state index contributed by atoms with van der Waals surface area (Å²) in [6.45, 7) is 1.79. The molecular weight excluding hydrogens is 260 g/mol. The maximum Gasteiger partial charge on any atom is 0.232 e. The van der Waals surface area contributed by atoms with Gasteiger partial charge in [0.1, 0.15) is 5.76 Å². The lowest BCUT2D eigenvalue weighted by atomic mass is 10.2. The predicted octanol–water partition coefficient (Wildman–Crippen LogP) is 2.18. The summed E-state index contributed by atoms with van der Waals surface area (Å²) in [7, 11) is 3.10. The second-order valence-electron chi connectivity index (χ2n) is 4.16. The molecule has 0 fully saturated rings. The third kappa shape index (κ3) is 3.09. The minimum Gasteiger partial charge on any atom is -0.493 e. The van der Waals surface area contributed by atoms with Crippen molar-refractivity contribution in [3.63, 3.8) is 0 Å². The molecule has 1 aromatic carbocycles. The van der Waals surface area contributed by atoms with Crippen LogP contribution in [0.1, 0.15) is 11.5 Å². The molecule has 1 N–H and O–H groups in total. The molecule has 2 aromatic rings. The minimum atomic E-state index is -0.183. The second kappa shape index (κ2) is 6.10. The SMILES string of the molecule is COc1ccc(NC(=O)Cc2ocnc2C)cc1OC. The number of hydrogen-bond acceptors (Lipinski definition) is 5. The number of nitrogens with one attached hydrogen (secondary N) is 1. The molecule has 6 nitrogen and oxygen atoms in total. The molecule has 2 rings (SSSR count). The van der Waals surface area contributed by atoms with Gasteiger partial charge in [0.25, 0.3) is 0 Å². The molecule has 0 saturated heterocycles. The molecule has 0 atom stereocenters. The quantitative estimate of drug-likeness (QED) is 0.906. The number of amides is 1. The molecule has 106 valence electrons. The zero-order valence-electron chi connectivity index (χ0n) is 11.6. The highest BCUT2D eigenvalue weighted by Crippen LogP contribution is 2.29. The molecule has 0 aliphatic carbocycles. The lowest BCUT2D eigenvalue weighted by molar-refractivity contribution is -0.115. The van der Waals surface area contributed by atoms with E-state index < -0.39 is 0 Å². The number of aromatic nitrogens is 1. The van der Waals surface area contributed by atoms with Crippen LogP contribution in [0.2, 0.25) is 0 Å². The summed E-state index contributed by atoms with van der Waals surface area (Å²) in [5.41, 5.74) is 1.34. The van der Waals surface area contributed by atoms with Crippen molar-refractivity contribution in [2.75, 3.05) is 19.5 Å². The van der Waals surface area contributed by atoms with Gasteiger partial charge in [0.2, 0.25) is 5.91 Å². The average Bonchev–Trinajstić information content (AvgIpc) is 2.84. The number of ether oxygens (including phenoxy) is 2. The molecule has 6 heteroatoms. The monoisotopic (exact) mass is 276 g/mol. The van der Waals surface area contributed by atoms with Crippen molar-refractivity contribution >= 4 is 11.6 Å². The Bertz CT molecular complexity index is 607. The molecule has 0 aliphatic heterocycles. The van der Waals surface area contributed by atoms with E-state index in [1.165, 1.54) is 6.39 Å². The Kier molecular flexibility index (Phi) is 4.24. The van der Waals surface area contributed by atoms with E-state index in [9.17, 15) is 4.79 Å². The number of rotatable bonds is 5. The van der Waals surface area contributed by atoms with Gasteiger partial charge in [0.05, 0.1) is 26.3 Å². The Morgan fingerprint density at radius 1 is 1.30 bits per heavy atom. The van der Waals surface area contributed by atoms with Gasteiger partial charge in [-0.2, -0.15) is 0 Å². The number of benzene rings is 1. The van der Waals surface area contributed by atoms with Crippen molar-refractivity contribution in [1.82, 2.24) is 4.98 Å². The van der Waals surface area contributed by atoms with Crippen LogP contribution < -0.4 is 14.8 Å². The predicted molar refractivity (Wildman–Crippen MR) is 73.1 cm³/mol. The highest BCUT2D eigenvalue weighted by atomic mass is 16.5. The van der Waals surface area contributed by atoms with Gasteiger partial charge in [-0.3, -0.25) is 4.79 Å². The molecule has 1 aromatic heterocycles. The summed E-state index contributed by atoms with van der Waals surface area (Å²) in [4.78, 5) is 15.9. The van der Waals surface area contributed by atoms with E-state index >= 15 is 0 Å². The van der Waals surface area contributed by atoms with Crippen molar-refractivity contribution in [2.24, 2.45) is 0 Å². The van der Waals surface area contributed by atoms with E-state index in [-0.39, 0.29) is 12.3 Å². The zero-order chi connectivity index (χ0) is 14.5. The van der Waals surface area contributed by atoms with Crippen molar-refractivity contribution in [3.8, 4) is 11.5 Å². The fourth-order valence-corrected chi connectivity index (χ4v) is 1.76. The normalized spacial score (nSPS) is 10.2. The van der Waals surface area contributed by atoms with Gasteiger partial charge < -0.3 is 19.2 Å². The second-order valence-corrected chi connectivity index (χ2v) is 4.16. The van der Waals surface area contributed by atoms with Gasteiger partial charge in [-0.05, 0) is 19.1 Å². The summed E-state index contributed by atoms with van der Waals surface area (Å²) in [6.07, 6.45) is 1.47. The fourth-order valence-electron chi connectivity index (χ4n) is 1.76. The lowest BCUT2D eigenvalue weighted by Gasteiger charge is -2.10. The number of oxazole rings is 1. The minimum absolute atomic E-state index is 0.139. The first-order valence-corrected chi connectivity index (χ1v) is 6.05. The van der Waals surface area contributed by atoms with Gasteiger partial charge in [-0.1, -0.05) is 0 Å². The molecule has 1 heterocycles. The number of methoxy groups -OCH3 is 2. The van der Waals surface area contributed by atoms with E-state index in [2.05, 4.69) is 10.3 Å². The highest BCUT2D eigenvalue weighted by Gasteiger charge is 2.11. The molecule has 0 bridgehead atoms. The van der Waals surface area contributed by atoms with Crippen LogP contribution in [0.3, 0.4) is 0 Å². The van der Waals surface area contributed by atoms with Crippen LogP contribution in [0.4, 0.5) is 5.69 Å². The average molecular weight is 276 g/mol. The molecular formula is C14H16N2O4. The Balaban J connectivity index is 2.06. The maximum absolute atomic E-state index is 11.9. The summed E-state index contributed by atoms with van der Waals surface area (Å²) >= 11 is 0. The van der Waals surface area contributed by atoms with Crippen molar-refractivity contribution in [3.05, 3.63) is 36.0 Å². The van der Waals surface area contributed by atoms with E-state index in [0.29, 0.717) is 28.6 Å². The Labute approximate surface area is 116 Å². The van der Waals surface area contributed by atoms with E-state index in [0.717, 1.165) is 0 Å². The first-order valence-electron chi connectivity index (χ1n) is 6.05. The van der Waals surface area contributed by atoms with E-state index in [1.54, 1.807) is 39.3 Å². The third-order valence-electron chi connectivity index (χ3n) is 2.83. The number of anilines is 1. The Morgan fingerprint density at radius 3 is 2.65 bits per heavy atom. The first kappa shape index (κ1) is 13.9. The molecule has 0 spiro atoms. The number of nitrogens with zero attached hydrogens (tertiary/aromatic N) is 1. The van der Waals surface area contributed by atoms with Crippen LogP contribution >= 0.6 is 0 Å². The number of carbonyl (C=O) groups excluding carboxylic acids is 1. The molecule has 1 amide bonds. The van der Waals surface area contributed by atoms with Gasteiger partial charge in [-0.25, -0.2) is 4.98 Å². The van der Waals surface area contributed by atoms with Crippen molar-refractivity contribution < 1.29 is 18.7 Å². The van der Waals surface area contributed by atoms with Crippen LogP contribution in [-0.4, -0.2) is 25.1 Å². The number of hydrogen-bond donors (Lipinski definition) is 1. The van der Waals surface area contributed by atoms with Gasteiger partial charge in [-0.15, -0.1) is 0 Å². The van der Waals surface area contributed by atoms with Crippen molar-refractivity contribution in [1.29, 1.82) is 0 Å². The highest BCUT2D eigenvalue weighted by molar-refractivity contribution is 5.92. The summed E-state index contributed by atoms with van der Waals surface area (Å²) < 4.78 is 15.5. The standard InChI is InChI=1S/C14H16N2O4/c1-9-12(20-8-15-9)7-14(17)16-10-4-5-11(18-2)13(6-10)19-3/h4-6,8H,7H2,1-3H3,(H,16,17). The summed E-state index contributed by atoms with van der Waals surface area (Å²) in [6, 6.07) is 5.17. The van der Waals surface area contributed by atoms with Crippen LogP contribution in [-0.2, 0) is 11.2 Å². The van der Waals surface area contributed by atoms with E-state index in [4.69, 9.17) is 13.9 Å². The first-order chi connectivity index (χ1) is 9.63. The zero-order valence-corrected chi connectivity index (χ0v) is 11.6. The Morgan fingerprint density at radius 2 is 2.05 bits per heavy atom. The number of carbonyl (C=O) groups is 1. The largest absolute Gasteiger partial charge is 0.493 e. The van der Waals surface area contributed by atoms with Gasteiger partial charge >= 0.3 is 0 Å². The molecule has 20 heavy (non-hydrogen) atoms. The molecule has 0 radical (unpaired) electrons. The third-order valence-corrected chi connectivity index (χ3v) is 2.83. The molecule has 0 saturated carbocycles. The smallest absolute Gasteiger partial charge is 0.232 e. The number of aryl methyl sites for hydroxylation is 1. The van der Waals surface area contributed by atoms with Crippen molar-refractivity contribution in [2.45, 2.75) is 13.3 Å². The van der Waals surface area contributed by atoms with Crippen LogP contribution in [0, 0.1) is 6.92 Å². The van der Waals surface area contributed by atoms with Crippen LogP contribution in [0.25, 0.3) is 0 Å². The van der Waals surface area contributed by atoms with Gasteiger partial charge in [0.15, 0.2) is 17.9 Å². The lowest BCUT2D eigenvalue weighted by Crippen LogP contribution is -2.14. The van der Waals surface area contributed by atoms with E-state index in [1.807, 2.05) is 0 Å². The Hall–Kier alpha value is -2.50. The summed E-state index contributed by atoms with van der Waals surface area (Å²) in [5, 5.41) is 2.77. The topological polar surface area (TPSA) is 73.6 Å². The maximum atomic E-state index is 11.9.